The minimum atomic E-state index is -0.659. The molecule has 108 valence electrons. The molecule has 7 nitrogen and oxygen atoms in total. The van der Waals surface area contributed by atoms with Crippen LogP contribution in [0.5, 0.6) is 0 Å². The molecule has 1 heterocycles. The van der Waals surface area contributed by atoms with Gasteiger partial charge in [-0.1, -0.05) is 6.07 Å². The lowest BCUT2D eigenvalue weighted by Gasteiger charge is -2.26. The Hall–Kier alpha value is -1.99. The lowest BCUT2D eigenvalue weighted by atomic mass is 10.1. The van der Waals surface area contributed by atoms with Gasteiger partial charge in [0.1, 0.15) is 5.56 Å². The number of nitrogens with zero attached hydrogens (tertiary/aromatic N) is 2. The number of aryl methyl sites for hydroxylation is 1. The maximum absolute atomic E-state index is 12.4. The van der Waals surface area contributed by atoms with Crippen LogP contribution in [-0.4, -0.2) is 53.1 Å². The van der Waals surface area contributed by atoms with Crippen LogP contribution in [0.4, 0.5) is 5.69 Å². The van der Waals surface area contributed by atoms with Crippen LogP contribution in [0.15, 0.2) is 18.2 Å². The van der Waals surface area contributed by atoms with Crippen molar-refractivity contribution in [1.82, 2.24) is 10.2 Å². The van der Waals surface area contributed by atoms with Gasteiger partial charge in [-0.05, 0) is 18.6 Å². The largest absolute Gasteiger partial charge is 0.390 e. The molecule has 1 aromatic rings. The molecule has 0 unspecified atom stereocenters. The number of hydrogen-bond acceptors (Lipinski definition) is 5. The van der Waals surface area contributed by atoms with Gasteiger partial charge < -0.3 is 15.3 Å². The lowest BCUT2D eigenvalue weighted by Crippen LogP contribution is -2.44. The van der Waals surface area contributed by atoms with Crippen molar-refractivity contribution in [3.8, 4) is 0 Å². The summed E-state index contributed by atoms with van der Waals surface area (Å²) in [6, 6.07) is 4.06. The number of likely N-dealkylation sites (N-methyl/N-ethyl adjacent to an activating group) is 1. The van der Waals surface area contributed by atoms with Gasteiger partial charge >= 0.3 is 0 Å². The van der Waals surface area contributed by atoms with Crippen molar-refractivity contribution >= 4 is 11.6 Å². The van der Waals surface area contributed by atoms with E-state index in [0.29, 0.717) is 13.1 Å². The zero-order valence-corrected chi connectivity index (χ0v) is 11.4. The van der Waals surface area contributed by atoms with E-state index < -0.39 is 16.9 Å². The summed E-state index contributed by atoms with van der Waals surface area (Å²) in [6.07, 6.45) is -0.659. The predicted octanol–water partition coefficient (Wildman–Crippen LogP) is 0.308. The molecule has 1 fully saturated rings. The summed E-state index contributed by atoms with van der Waals surface area (Å²) in [4.78, 5) is 24.3. The number of carbonyl (C=O) groups excluding carboxylic acids is 1. The van der Waals surface area contributed by atoms with E-state index in [0.717, 1.165) is 5.56 Å². The Bertz CT molecular complexity index is 546. The number of carbonyl (C=O) groups is 1. The van der Waals surface area contributed by atoms with Crippen molar-refractivity contribution in [3.63, 3.8) is 0 Å². The van der Waals surface area contributed by atoms with E-state index >= 15 is 0 Å². The number of nitrogens with one attached hydrogen (secondary N) is 1. The highest BCUT2D eigenvalue weighted by Gasteiger charge is 2.33. The molecule has 2 rings (SSSR count). The number of aliphatic hydroxyl groups is 1. The first-order valence-corrected chi connectivity index (χ1v) is 6.33. The highest BCUT2D eigenvalue weighted by atomic mass is 16.6. The summed E-state index contributed by atoms with van der Waals surface area (Å²) in [5.41, 5.74) is 0.613. The van der Waals surface area contributed by atoms with Crippen LogP contribution in [0.3, 0.4) is 0 Å². The fraction of sp³-hybridized carbons (Fsp3) is 0.462. The van der Waals surface area contributed by atoms with Gasteiger partial charge in [-0.25, -0.2) is 0 Å². The Labute approximate surface area is 116 Å². The van der Waals surface area contributed by atoms with Gasteiger partial charge in [0.2, 0.25) is 0 Å². The molecular weight excluding hydrogens is 262 g/mol. The number of aliphatic hydroxyl groups excluding tert-OH is 1. The first-order valence-electron chi connectivity index (χ1n) is 6.33. The van der Waals surface area contributed by atoms with Crippen LogP contribution in [0.25, 0.3) is 0 Å². The van der Waals surface area contributed by atoms with Gasteiger partial charge in [0.05, 0.1) is 17.1 Å². The van der Waals surface area contributed by atoms with Crippen LogP contribution in [0.2, 0.25) is 0 Å². The molecule has 0 spiro atoms. The van der Waals surface area contributed by atoms with Crippen LogP contribution in [-0.2, 0) is 0 Å². The maximum Gasteiger partial charge on any atom is 0.282 e. The van der Waals surface area contributed by atoms with Gasteiger partial charge in [-0.2, -0.15) is 0 Å². The molecule has 20 heavy (non-hydrogen) atoms. The average Bonchev–Trinajstić information content (AvgIpc) is 2.82. The van der Waals surface area contributed by atoms with Crippen LogP contribution < -0.4 is 5.32 Å². The van der Waals surface area contributed by atoms with Crippen LogP contribution in [0, 0.1) is 17.0 Å². The van der Waals surface area contributed by atoms with E-state index in [1.54, 1.807) is 20.0 Å². The number of rotatable bonds is 3. The van der Waals surface area contributed by atoms with Gasteiger partial charge in [0.25, 0.3) is 11.6 Å². The number of hydrogen-bond donors (Lipinski definition) is 2. The molecule has 0 aromatic heterocycles. The fourth-order valence-electron chi connectivity index (χ4n) is 2.37. The third-order valence-electron chi connectivity index (χ3n) is 3.55. The molecule has 1 aliphatic rings. The molecule has 1 amide bonds. The monoisotopic (exact) mass is 279 g/mol. The maximum atomic E-state index is 12.4. The summed E-state index contributed by atoms with van der Waals surface area (Å²) >= 11 is 0. The molecule has 1 aromatic carbocycles. The molecule has 0 saturated carbocycles. The Morgan fingerprint density at radius 2 is 2.20 bits per heavy atom. The Balaban J connectivity index is 2.33. The molecule has 2 atom stereocenters. The second kappa shape index (κ2) is 5.56. The van der Waals surface area contributed by atoms with Crippen molar-refractivity contribution in [2.45, 2.75) is 19.1 Å². The first-order chi connectivity index (χ1) is 9.41. The predicted molar refractivity (Wildman–Crippen MR) is 72.6 cm³/mol. The Morgan fingerprint density at radius 1 is 1.50 bits per heavy atom. The first kappa shape index (κ1) is 14.4. The molecule has 2 N–H and O–H groups in total. The summed E-state index contributed by atoms with van der Waals surface area (Å²) in [7, 11) is 1.55. The van der Waals surface area contributed by atoms with Gasteiger partial charge in [-0.15, -0.1) is 0 Å². The third kappa shape index (κ3) is 2.63. The van der Waals surface area contributed by atoms with Crippen molar-refractivity contribution in [1.29, 1.82) is 0 Å². The molecule has 0 aliphatic carbocycles. The van der Waals surface area contributed by atoms with E-state index in [4.69, 9.17) is 0 Å². The smallest absolute Gasteiger partial charge is 0.282 e. The van der Waals surface area contributed by atoms with E-state index in [9.17, 15) is 20.0 Å². The van der Waals surface area contributed by atoms with E-state index in [2.05, 4.69) is 5.32 Å². The normalized spacial score (nSPS) is 21.8. The van der Waals surface area contributed by atoms with E-state index in [1.807, 2.05) is 0 Å². The van der Waals surface area contributed by atoms with E-state index in [1.165, 1.54) is 17.0 Å². The van der Waals surface area contributed by atoms with Crippen molar-refractivity contribution in [2.75, 3.05) is 20.1 Å². The summed E-state index contributed by atoms with van der Waals surface area (Å²) in [6.45, 7) is 2.66. The van der Waals surface area contributed by atoms with Crippen LogP contribution in [0.1, 0.15) is 15.9 Å². The van der Waals surface area contributed by atoms with Crippen molar-refractivity contribution < 1.29 is 14.8 Å². The lowest BCUT2D eigenvalue weighted by molar-refractivity contribution is -0.385. The number of nitro benzene ring substituents is 1. The average molecular weight is 279 g/mol. The molecule has 0 bridgehead atoms. The standard InChI is InChI=1S/C13H17N3O4/c1-8-3-4-10(16(19)20)9(5-8)13(18)15(2)11-6-14-7-12(11)17/h3-5,11-12,14,17H,6-7H2,1-2H3/t11-,12-/m0/s1. The highest BCUT2D eigenvalue weighted by Crippen LogP contribution is 2.22. The van der Waals surface area contributed by atoms with Gasteiger partial charge in [0.15, 0.2) is 0 Å². The molecular formula is C13H17N3O4. The summed E-state index contributed by atoms with van der Waals surface area (Å²) in [5, 5.41) is 23.8. The highest BCUT2D eigenvalue weighted by molar-refractivity contribution is 5.98. The Kier molecular flexibility index (Phi) is 4.01. The summed E-state index contributed by atoms with van der Waals surface area (Å²) < 4.78 is 0. The topological polar surface area (TPSA) is 95.7 Å². The SMILES string of the molecule is Cc1ccc([N+](=O)[O-])c(C(=O)N(C)[C@H]2CNC[C@@H]2O)c1. The quantitative estimate of drug-likeness (QED) is 0.613. The zero-order valence-electron chi connectivity index (χ0n) is 11.4. The van der Waals surface area contributed by atoms with Crippen LogP contribution >= 0.6 is 0 Å². The van der Waals surface area contributed by atoms with Gasteiger partial charge in [0, 0.05) is 26.2 Å². The molecule has 0 radical (unpaired) electrons. The Morgan fingerprint density at radius 3 is 2.75 bits per heavy atom. The fourth-order valence-corrected chi connectivity index (χ4v) is 2.37. The van der Waals surface area contributed by atoms with Gasteiger partial charge in [-0.3, -0.25) is 14.9 Å². The number of amides is 1. The summed E-state index contributed by atoms with van der Waals surface area (Å²) in [5.74, 6) is -0.451. The second-order valence-electron chi connectivity index (χ2n) is 4.99. The number of β-amino-alcohol motifs (C(OH)–C–C–N with tert-alkyl or cyclic N) is 1. The minimum absolute atomic E-state index is 0.0524. The van der Waals surface area contributed by atoms with E-state index in [-0.39, 0.29) is 17.3 Å². The van der Waals surface area contributed by atoms with Crippen molar-refractivity contribution in [3.05, 3.63) is 39.4 Å². The zero-order chi connectivity index (χ0) is 14.9. The molecule has 1 aliphatic heterocycles. The second-order valence-corrected chi connectivity index (χ2v) is 4.99. The third-order valence-corrected chi connectivity index (χ3v) is 3.55. The number of benzene rings is 1. The molecule has 1 saturated heterocycles. The van der Waals surface area contributed by atoms with Crippen molar-refractivity contribution in [2.24, 2.45) is 0 Å². The number of nitro groups is 1. The molecule has 7 heteroatoms. The minimum Gasteiger partial charge on any atom is -0.390 e.